The van der Waals surface area contributed by atoms with Crippen LogP contribution in [0.5, 0.6) is 0 Å². The average Bonchev–Trinajstić information content (AvgIpc) is 0.811. The van der Waals surface area contributed by atoms with Crippen molar-refractivity contribution >= 4 is 17.4 Å². The summed E-state index contributed by atoms with van der Waals surface area (Å²) in [6.07, 6.45) is 0. The molecule has 0 fully saturated rings. The quantitative estimate of drug-likeness (QED) is 0.236. The lowest BCUT2D eigenvalue weighted by atomic mass is 13.1. The summed E-state index contributed by atoms with van der Waals surface area (Å²) in [6, 6.07) is 0. The van der Waals surface area contributed by atoms with Crippen molar-refractivity contribution in [2.24, 2.45) is 0 Å². The van der Waals surface area contributed by atoms with E-state index in [1.54, 1.807) is 0 Å². The maximum atomic E-state index is 8.36. The van der Waals surface area contributed by atoms with Gasteiger partial charge in [0, 0.05) is 0 Å². The molecule has 0 bridgehead atoms. The van der Waals surface area contributed by atoms with Crippen LogP contribution < -0.4 is 0 Å². The molecule has 15 N–H and O–H groups in total. The Hall–Kier alpha value is -0.548. The van der Waals surface area contributed by atoms with Gasteiger partial charge < -0.3 is 43.5 Å². The predicted molar refractivity (Wildman–Crippen MR) is 44.0 cm³/mol. The molecule has 0 aliphatic rings. The van der Waals surface area contributed by atoms with Gasteiger partial charge in [0.15, 0.2) is 17.4 Å². The van der Waals surface area contributed by atoms with Crippen LogP contribution in [-0.2, 0) is 0 Å². The first-order valence-electron chi connectivity index (χ1n) is 0.565. The maximum Gasteiger partial charge on any atom is 0.291 e. The monoisotopic (exact) mass is 219 g/mol. The van der Waals surface area contributed by atoms with Crippen molar-refractivity contribution in [3.63, 3.8) is 0 Å². The lowest BCUT2D eigenvalue weighted by Crippen LogP contribution is -1.81. The van der Waals surface area contributed by atoms with E-state index in [4.69, 9.17) is 15.3 Å². The third-order valence-corrected chi connectivity index (χ3v) is 0. The molecule has 0 atom stereocenters. The van der Waals surface area contributed by atoms with Crippen LogP contribution >= 0.6 is 0 Å². The van der Waals surface area contributed by atoms with Crippen molar-refractivity contribution < 1.29 is 48.6 Å². The first-order chi connectivity index (χ1) is 1.73. The topological polar surface area (TPSA) is 284 Å². The number of rotatable bonds is 0. The Morgan fingerprint density at radius 2 is 0.833 bits per heavy atom. The zero-order chi connectivity index (χ0) is 3.58. The van der Waals surface area contributed by atoms with E-state index in [1.165, 1.54) is 0 Å². The zero-order valence-electron chi connectivity index (χ0n) is 5.21. The third-order valence-electron chi connectivity index (χ3n) is 0. The molecule has 0 aromatic carbocycles. The molecular weight excluding hydrogens is 201 g/mol. The second-order valence-corrected chi connectivity index (χ2v) is 0.238. The Morgan fingerprint density at radius 1 is 0.833 bits per heavy atom. The first-order valence-corrected chi connectivity index (χ1v) is 0.565. The van der Waals surface area contributed by atoms with Crippen LogP contribution in [0.4, 0.5) is 0 Å². The lowest BCUT2D eigenvalue weighted by Gasteiger charge is -1.56. The van der Waals surface area contributed by atoms with E-state index in [0.29, 0.717) is 0 Å². The molecule has 11 nitrogen and oxygen atoms in total. The number of nitrogens with zero attached hydrogens (tertiary/aromatic N) is 1. The minimum absolute atomic E-state index is 0. The fraction of sp³-hybridized carbons (Fsp3) is 0. The van der Waals surface area contributed by atoms with Gasteiger partial charge in [0.1, 0.15) is 0 Å². The predicted octanol–water partition coefficient (Wildman–Crippen LogP) is -7.30. The Morgan fingerprint density at radius 3 is 0.833 bits per heavy atom. The van der Waals surface area contributed by atoms with Crippen LogP contribution in [0.1, 0.15) is 0 Å². The van der Waals surface area contributed by atoms with E-state index >= 15 is 0 Å². The minimum Gasteiger partial charge on any atom is -0.412 e. The van der Waals surface area contributed by atoms with Gasteiger partial charge in [-0.25, -0.2) is 0 Å². The molecule has 0 aromatic rings. The van der Waals surface area contributed by atoms with Crippen molar-refractivity contribution in [1.82, 2.24) is 0 Å². The van der Waals surface area contributed by atoms with Crippen LogP contribution in [0, 0.1) is 10.1 Å². The second kappa shape index (κ2) is 155. The number of hydrogen-bond donors (Lipinski definition) is 1. The molecule has 0 aromatic heterocycles. The van der Waals surface area contributed by atoms with Gasteiger partial charge in [0.05, 0.1) is 0 Å². The summed E-state index contributed by atoms with van der Waals surface area (Å²) in [5.41, 5.74) is 0. The summed E-state index contributed by atoms with van der Waals surface area (Å²) in [6.45, 7) is 0. The second-order valence-electron chi connectivity index (χ2n) is 0.238. The number of hydrogen-bond acceptors (Lipinski definition) is 2. The largest absolute Gasteiger partial charge is 0.412 e. The molecule has 0 aliphatic carbocycles. The highest BCUT2D eigenvalue weighted by molar-refractivity contribution is 5.75. The van der Waals surface area contributed by atoms with Crippen LogP contribution in [0.2, 0.25) is 0 Å². The van der Waals surface area contributed by atoms with Gasteiger partial charge >= 0.3 is 0 Å². The fourth-order valence-corrected chi connectivity index (χ4v) is 0. The molecule has 0 saturated heterocycles. The normalized spacial score (nSPS) is 2.00. The van der Waals surface area contributed by atoms with Crippen molar-refractivity contribution in [1.29, 1.82) is 0 Å². The summed E-state index contributed by atoms with van der Waals surface area (Å²) in [4.78, 5) is 8.36. The van der Waals surface area contributed by atoms with Gasteiger partial charge in [-0.3, -0.25) is 0 Å². The molecular formula is H18AlNO10. The van der Waals surface area contributed by atoms with E-state index in [9.17, 15) is 0 Å². The molecule has 12 heteroatoms. The van der Waals surface area contributed by atoms with Gasteiger partial charge in [-0.1, -0.05) is 0 Å². The van der Waals surface area contributed by atoms with Gasteiger partial charge in [-0.2, -0.15) is 0 Å². The SMILES string of the molecule is O.O.O.O.O.O.O.O=[N+]([O-])O.[AlH3]. The van der Waals surface area contributed by atoms with E-state index in [-0.39, 0.29) is 55.7 Å². The van der Waals surface area contributed by atoms with Crippen molar-refractivity contribution in [2.45, 2.75) is 0 Å². The van der Waals surface area contributed by atoms with Crippen LogP contribution in [0.25, 0.3) is 0 Å². The fourth-order valence-electron chi connectivity index (χ4n) is 0. The van der Waals surface area contributed by atoms with E-state index < -0.39 is 5.09 Å². The highest BCUT2D eigenvalue weighted by Gasteiger charge is 1.65. The molecule has 0 rings (SSSR count). The summed E-state index contributed by atoms with van der Waals surface area (Å²) in [7, 11) is 0. The Bertz CT molecular complexity index is 32.8. The molecule has 12 heavy (non-hydrogen) atoms. The Kier molecular flexibility index (Phi) is 2690. The van der Waals surface area contributed by atoms with Gasteiger partial charge in [0.2, 0.25) is 0 Å². The molecule has 0 amide bonds. The van der Waals surface area contributed by atoms with Crippen LogP contribution in [0.15, 0.2) is 0 Å². The molecule has 0 saturated carbocycles. The minimum atomic E-state index is -1.50. The van der Waals surface area contributed by atoms with Gasteiger partial charge in [-0.05, 0) is 0 Å². The highest BCUT2D eigenvalue weighted by Crippen LogP contribution is 1.38. The standard InChI is InChI=1S/Al.HNO3.7H2O.3H/c;2-1(3)4;;;;;;;;;;/h;(H,2,3,4);7*1H2;;;. The summed E-state index contributed by atoms with van der Waals surface area (Å²) < 4.78 is 0. The van der Waals surface area contributed by atoms with Gasteiger partial charge in [0.25, 0.3) is 5.09 Å². The molecule has 86 valence electrons. The van der Waals surface area contributed by atoms with Crippen LogP contribution in [-0.4, -0.2) is 66.0 Å². The average molecular weight is 219 g/mol. The third kappa shape index (κ3) is 2250. The summed E-state index contributed by atoms with van der Waals surface area (Å²) in [5.74, 6) is 0. The first kappa shape index (κ1) is 208. The highest BCUT2D eigenvalue weighted by atomic mass is 27.0. The Balaban J connectivity index is -0.00000000161. The van der Waals surface area contributed by atoms with E-state index in [2.05, 4.69) is 0 Å². The zero-order valence-corrected chi connectivity index (χ0v) is 5.21. The van der Waals surface area contributed by atoms with Crippen molar-refractivity contribution in [3.05, 3.63) is 10.1 Å². The maximum absolute atomic E-state index is 8.36. The van der Waals surface area contributed by atoms with Crippen molar-refractivity contribution in [2.75, 3.05) is 0 Å². The summed E-state index contributed by atoms with van der Waals surface area (Å²) >= 11 is 0. The van der Waals surface area contributed by atoms with Gasteiger partial charge in [-0.15, -0.1) is 10.1 Å². The molecule has 0 unspecified atom stereocenters. The lowest BCUT2D eigenvalue weighted by molar-refractivity contribution is -0.742. The van der Waals surface area contributed by atoms with E-state index in [0.717, 1.165) is 0 Å². The molecule has 0 radical (unpaired) electrons. The molecule has 0 heterocycles. The van der Waals surface area contributed by atoms with Crippen LogP contribution in [0.3, 0.4) is 0 Å². The summed E-state index contributed by atoms with van der Waals surface area (Å²) in [5, 5.41) is 13.6. The Labute approximate surface area is 77.0 Å². The van der Waals surface area contributed by atoms with E-state index in [1.807, 2.05) is 0 Å². The molecule has 0 aliphatic heterocycles. The van der Waals surface area contributed by atoms with Crippen molar-refractivity contribution in [3.8, 4) is 0 Å². The smallest absolute Gasteiger partial charge is 0.291 e. The molecule has 0 spiro atoms.